The Bertz CT molecular complexity index is 828. The van der Waals surface area contributed by atoms with Gasteiger partial charge in [-0.2, -0.15) is 0 Å². The summed E-state index contributed by atoms with van der Waals surface area (Å²) in [6.07, 6.45) is 0.837. The summed E-state index contributed by atoms with van der Waals surface area (Å²) >= 11 is 3.41. The topological polar surface area (TPSA) is 52.3 Å². The number of halogens is 1. The quantitative estimate of drug-likeness (QED) is 0.529. The van der Waals surface area contributed by atoms with Crippen LogP contribution in [0.2, 0.25) is 0 Å². The van der Waals surface area contributed by atoms with E-state index in [-0.39, 0.29) is 0 Å². The average molecular weight is 400 g/mol. The molecule has 0 aliphatic rings. The maximum atomic E-state index is 11.6. The SMILES string of the molecule is Cc1noc(-c2ccc(Br)cc2)c1C(C=O)OCCc1ccccc1. The molecule has 0 fully saturated rings. The molecule has 0 amide bonds. The zero-order valence-corrected chi connectivity index (χ0v) is 15.4. The minimum Gasteiger partial charge on any atom is -0.365 e. The van der Waals surface area contributed by atoms with Crippen molar-refractivity contribution in [2.75, 3.05) is 6.61 Å². The number of carbonyl (C=O) groups is 1. The Morgan fingerprint density at radius 1 is 1.16 bits per heavy atom. The van der Waals surface area contributed by atoms with Crippen LogP contribution in [0, 0.1) is 6.92 Å². The summed E-state index contributed by atoms with van der Waals surface area (Å²) in [6.45, 7) is 2.26. The van der Waals surface area contributed by atoms with Gasteiger partial charge in [-0.1, -0.05) is 63.6 Å². The zero-order chi connectivity index (χ0) is 17.6. The first-order valence-corrected chi connectivity index (χ1v) is 8.81. The molecule has 2 aromatic carbocycles. The number of aromatic nitrogens is 1. The number of carbonyl (C=O) groups excluding carboxylic acids is 1. The molecule has 0 saturated heterocycles. The first-order chi connectivity index (χ1) is 12.2. The summed E-state index contributed by atoms with van der Waals surface area (Å²) in [6, 6.07) is 17.7. The first-order valence-electron chi connectivity index (χ1n) is 8.02. The second-order valence-corrected chi connectivity index (χ2v) is 6.60. The molecule has 0 spiro atoms. The summed E-state index contributed by atoms with van der Waals surface area (Å²) in [5.41, 5.74) is 3.37. The smallest absolute Gasteiger partial charge is 0.173 e. The molecule has 0 N–H and O–H groups in total. The minimum atomic E-state index is -0.700. The van der Waals surface area contributed by atoms with Gasteiger partial charge in [-0.25, -0.2) is 0 Å². The Kier molecular flexibility index (Phi) is 5.79. The lowest BCUT2D eigenvalue weighted by Gasteiger charge is -2.13. The number of nitrogens with zero attached hydrogens (tertiary/aromatic N) is 1. The van der Waals surface area contributed by atoms with Crippen LogP contribution in [0.5, 0.6) is 0 Å². The summed E-state index contributed by atoms with van der Waals surface area (Å²) in [5, 5.41) is 4.02. The second-order valence-electron chi connectivity index (χ2n) is 5.68. The van der Waals surface area contributed by atoms with Gasteiger partial charge in [0.15, 0.2) is 12.0 Å². The molecule has 25 heavy (non-hydrogen) atoms. The van der Waals surface area contributed by atoms with E-state index < -0.39 is 6.10 Å². The fourth-order valence-corrected chi connectivity index (χ4v) is 2.92. The van der Waals surface area contributed by atoms with E-state index in [0.29, 0.717) is 23.6 Å². The van der Waals surface area contributed by atoms with E-state index in [1.165, 1.54) is 5.56 Å². The Hall–Kier alpha value is -2.24. The van der Waals surface area contributed by atoms with Crippen molar-refractivity contribution in [3.8, 4) is 11.3 Å². The van der Waals surface area contributed by atoms with Crippen LogP contribution in [0.25, 0.3) is 11.3 Å². The number of aryl methyl sites for hydroxylation is 1. The molecule has 1 atom stereocenters. The van der Waals surface area contributed by atoms with Crippen LogP contribution in [-0.2, 0) is 16.0 Å². The Morgan fingerprint density at radius 3 is 2.56 bits per heavy atom. The monoisotopic (exact) mass is 399 g/mol. The van der Waals surface area contributed by atoms with Gasteiger partial charge in [0.1, 0.15) is 6.10 Å². The van der Waals surface area contributed by atoms with Crippen molar-refractivity contribution >= 4 is 22.2 Å². The first kappa shape index (κ1) is 17.6. The lowest BCUT2D eigenvalue weighted by Crippen LogP contribution is -2.10. The van der Waals surface area contributed by atoms with Crippen molar-refractivity contribution in [1.82, 2.24) is 5.16 Å². The highest BCUT2D eigenvalue weighted by Crippen LogP contribution is 2.32. The normalized spacial score (nSPS) is 12.1. The fourth-order valence-electron chi connectivity index (χ4n) is 2.66. The van der Waals surface area contributed by atoms with E-state index in [9.17, 15) is 4.79 Å². The lowest BCUT2D eigenvalue weighted by atomic mass is 10.0. The van der Waals surface area contributed by atoms with Crippen molar-refractivity contribution in [1.29, 1.82) is 0 Å². The molecule has 3 rings (SSSR count). The van der Waals surface area contributed by atoms with Gasteiger partial charge in [-0.05, 0) is 31.0 Å². The Labute approximate surface area is 154 Å². The van der Waals surface area contributed by atoms with Crippen LogP contribution in [-0.4, -0.2) is 18.0 Å². The number of benzene rings is 2. The van der Waals surface area contributed by atoms with Crippen LogP contribution in [0.3, 0.4) is 0 Å². The van der Waals surface area contributed by atoms with Crippen LogP contribution in [0.4, 0.5) is 0 Å². The fraction of sp³-hybridized carbons (Fsp3) is 0.200. The molecule has 1 unspecified atom stereocenters. The van der Waals surface area contributed by atoms with E-state index >= 15 is 0 Å². The number of hydrogen-bond acceptors (Lipinski definition) is 4. The van der Waals surface area contributed by atoms with Crippen LogP contribution in [0.15, 0.2) is 63.6 Å². The standard InChI is InChI=1S/C20H18BrNO3/c1-14-19(20(25-22-14)16-7-9-17(21)10-8-16)18(13-23)24-12-11-15-5-3-2-4-6-15/h2-10,13,18H,11-12H2,1H3. The van der Waals surface area contributed by atoms with E-state index in [1.807, 2.05) is 61.5 Å². The summed E-state index contributed by atoms with van der Waals surface area (Å²) < 4.78 is 12.3. The molecule has 0 aliphatic heterocycles. The van der Waals surface area contributed by atoms with E-state index in [2.05, 4.69) is 21.1 Å². The largest absolute Gasteiger partial charge is 0.365 e. The third kappa shape index (κ3) is 4.24. The van der Waals surface area contributed by atoms with Gasteiger partial charge in [0.05, 0.1) is 17.9 Å². The minimum absolute atomic E-state index is 0.442. The van der Waals surface area contributed by atoms with Gasteiger partial charge in [-0.15, -0.1) is 0 Å². The van der Waals surface area contributed by atoms with E-state index in [0.717, 1.165) is 22.7 Å². The molecule has 0 bridgehead atoms. The molecule has 3 aromatic rings. The highest BCUT2D eigenvalue weighted by molar-refractivity contribution is 9.10. The predicted molar refractivity (Wildman–Crippen MR) is 99.3 cm³/mol. The molecular weight excluding hydrogens is 382 g/mol. The third-order valence-corrected chi connectivity index (χ3v) is 4.48. The van der Waals surface area contributed by atoms with Gasteiger partial charge in [0, 0.05) is 10.0 Å². The Morgan fingerprint density at radius 2 is 1.88 bits per heavy atom. The lowest BCUT2D eigenvalue weighted by molar-refractivity contribution is -0.118. The van der Waals surface area contributed by atoms with Crippen molar-refractivity contribution in [2.24, 2.45) is 0 Å². The summed E-state index contributed by atoms with van der Waals surface area (Å²) in [5.74, 6) is 0.571. The molecule has 0 radical (unpaired) electrons. The molecule has 1 aromatic heterocycles. The number of ether oxygens (including phenoxy) is 1. The van der Waals surface area contributed by atoms with Crippen LogP contribution < -0.4 is 0 Å². The van der Waals surface area contributed by atoms with Gasteiger partial charge < -0.3 is 14.1 Å². The predicted octanol–water partition coefficient (Wildman–Crippen LogP) is 4.91. The van der Waals surface area contributed by atoms with E-state index in [4.69, 9.17) is 9.26 Å². The van der Waals surface area contributed by atoms with Crippen molar-refractivity contribution in [3.63, 3.8) is 0 Å². The molecular formula is C20H18BrNO3. The summed E-state index contributed by atoms with van der Waals surface area (Å²) in [7, 11) is 0. The van der Waals surface area contributed by atoms with Gasteiger partial charge in [0.25, 0.3) is 0 Å². The Balaban J connectivity index is 1.77. The maximum Gasteiger partial charge on any atom is 0.173 e. The van der Waals surface area contributed by atoms with Gasteiger partial charge in [0.2, 0.25) is 0 Å². The maximum absolute atomic E-state index is 11.6. The molecule has 0 saturated carbocycles. The number of hydrogen-bond donors (Lipinski definition) is 0. The highest BCUT2D eigenvalue weighted by atomic mass is 79.9. The van der Waals surface area contributed by atoms with Crippen LogP contribution >= 0.6 is 15.9 Å². The van der Waals surface area contributed by atoms with Crippen molar-refractivity contribution in [2.45, 2.75) is 19.4 Å². The van der Waals surface area contributed by atoms with Crippen molar-refractivity contribution in [3.05, 3.63) is 75.9 Å². The highest BCUT2D eigenvalue weighted by Gasteiger charge is 2.24. The van der Waals surface area contributed by atoms with Gasteiger partial charge >= 0.3 is 0 Å². The van der Waals surface area contributed by atoms with Crippen LogP contribution in [0.1, 0.15) is 22.9 Å². The zero-order valence-electron chi connectivity index (χ0n) is 13.8. The van der Waals surface area contributed by atoms with E-state index in [1.54, 1.807) is 0 Å². The van der Waals surface area contributed by atoms with Gasteiger partial charge in [-0.3, -0.25) is 0 Å². The summed E-state index contributed by atoms with van der Waals surface area (Å²) in [4.78, 5) is 11.6. The number of rotatable bonds is 7. The molecule has 1 heterocycles. The third-order valence-electron chi connectivity index (χ3n) is 3.95. The molecule has 5 heteroatoms. The number of aldehydes is 1. The average Bonchev–Trinajstić information content (AvgIpc) is 3.02. The molecule has 128 valence electrons. The second kappa shape index (κ2) is 8.23. The molecule has 4 nitrogen and oxygen atoms in total. The molecule has 0 aliphatic carbocycles. The van der Waals surface area contributed by atoms with Crippen molar-refractivity contribution < 1.29 is 14.1 Å².